The summed E-state index contributed by atoms with van der Waals surface area (Å²) in [5, 5.41) is 10.9. The maximum absolute atomic E-state index is 9.69. The fourth-order valence-corrected chi connectivity index (χ4v) is 2.02. The number of aliphatic hydroxyl groups excluding tert-OH is 1. The number of nitrogens with zero attached hydrogens (tertiary/aromatic N) is 1. The number of aryl methyl sites for hydroxylation is 2. The standard InChI is InChI=1S/C13H17NO/c1-4-10-5-6-13-11(7-10)12(9(2)15)8-14(13)3/h5-9,15H,4H2,1-3H3. The third kappa shape index (κ3) is 1.65. The predicted molar refractivity (Wildman–Crippen MR) is 62.9 cm³/mol. The molecule has 1 N–H and O–H groups in total. The van der Waals surface area contributed by atoms with E-state index in [2.05, 4.69) is 29.7 Å². The predicted octanol–water partition coefficient (Wildman–Crippen LogP) is 2.79. The molecular formula is C13H17NO. The van der Waals surface area contributed by atoms with Crippen molar-refractivity contribution in [3.63, 3.8) is 0 Å². The molecule has 1 atom stereocenters. The van der Waals surface area contributed by atoms with Gasteiger partial charge in [0.1, 0.15) is 0 Å². The first-order valence-electron chi connectivity index (χ1n) is 5.39. The van der Waals surface area contributed by atoms with Gasteiger partial charge in [0, 0.05) is 29.7 Å². The van der Waals surface area contributed by atoms with E-state index in [4.69, 9.17) is 0 Å². The van der Waals surface area contributed by atoms with Gasteiger partial charge in [-0.3, -0.25) is 0 Å². The van der Waals surface area contributed by atoms with Crippen LogP contribution < -0.4 is 0 Å². The lowest BCUT2D eigenvalue weighted by Crippen LogP contribution is -1.88. The zero-order valence-corrected chi connectivity index (χ0v) is 9.49. The van der Waals surface area contributed by atoms with Crippen LogP contribution in [-0.4, -0.2) is 9.67 Å². The van der Waals surface area contributed by atoms with Crippen LogP contribution in [0.3, 0.4) is 0 Å². The molecule has 0 aliphatic carbocycles. The number of hydrogen-bond acceptors (Lipinski definition) is 1. The van der Waals surface area contributed by atoms with Crippen molar-refractivity contribution in [1.82, 2.24) is 4.57 Å². The number of aliphatic hydroxyl groups is 1. The number of benzene rings is 1. The normalized spacial score (nSPS) is 13.3. The summed E-state index contributed by atoms with van der Waals surface area (Å²) in [6.45, 7) is 3.96. The van der Waals surface area contributed by atoms with Crippen molar-refractivity contribution in [2.75, 3.05) is 0 Å². The third-order valence-corrected chi connectivity index (χ3v) is 2.94. The average Bonchev–Trinajstić information content (AvgIpc) is 2.56. The number of hydrogen-bond donors (Lipinski definition) is 1. The second-order valence-corrected chi connectivity index (χ2v) is 4.08. The van der Waals surface area contributed by atoms with Gasteiger partial charge in [0.15, 0.2) is 0 Å². The molecule has 2 heteroatoms. The third-order valence-electron chi connectivity index (χ3n) is 2.94. The van der Waals surface area contributed by atoms with Crippen molar-refractivity contribution < 1.29 is 5.11 Å². The summed E-state index contributed by atoms with van der Waals surface area (Å²) < 4.78 is 2.07. The van der Waals surface area contributed by atoms with Gasteiger partial charge in [-0.15, -0.1) is 0 Å². The van der Waals surface area contributed by atoms with E-state index in [1.54, 1.807) is 0 Å². The van der Waals surface area contributed by atoms with Crippen molar-refractivity contribution >= 4 is 10.9 Å². The molecule has 0 spiro atoms. The molecule has 0 saturated carbocycles. The van der Waals surface area contributed by atoms with Crippen LogP contribution in [0.25, 0.3) is 10.9 Å². The number of fused-ring (bicyclic) bond motifs is 1. The molecule has 0 aliphatic heterocycles. The van der Waals surface area contributed by atoms with Crippen LogP contribution in [-0.2, 0) is 13.5 Å². The lowest BCUT2D eigenvalue weighted by atomic mass is 10.1. The monoisotopic (exact) mass is 203 g/mol. The molecule has 1 unspecified atom stereocenters. The first-order chi connectivity index (χ1) is 7.13. The molecule has 2 nitrogen and oxygen atoms in total. The summed E-state index contributed by atoms with van der Waals surface area (Å²) in [4.78, 5) is 0. The Hall–Kier alpha value is -1.28. The van der Waals surface area contributed by atoms with E-state index < -0.39 is 6.10 Å². The van der Waals surface area contributed by atoms with Gasteiger partial charge in [0.2, 0.25) is 0 Å². The SMILES string of the molecule is CCc1ccc2c(c1)c(C(C)O)cn2C. The van der Waals surface area contributed by atoms with Crippen molar-refractivity contribution in [3.05, 3.63) is 35.5 Å². The van der Waals surface area contributed by atoms with Gasteiger partial charge in [0.05, 0.1) is 6.10 Å². The van der Waals surface area contributed by atoms with Crippen LogP contribution in [0.4, 0.5) is 0 Å². The molecule has 0 bridgehead atoms. The Morgan fingerprint density at radius 2 is 2.13 bits per heavy atom. The van der Waals surface area contributed by atoms with E-state index in [1.807, 2.05) is 20.2 Å². The topological polar surface area (TPSA) is 25.2 Å². The highest BCUT2D eigenvalue weighted by molar-refractivity contribution is 5.85. The van der Waals surface area contributed by atoms with Crippen LogP contribution >= 0.6 is 0 Å². The maximum Gasteiger partial charge on any atom is 0.0782 e. The van der Waals surface area contributed by atoms with E-state index in [1.165, 1.54) is 16.5 Å². The second kappa shape index (κ2) is 3.70. The van der Waals surface area contributed by atoms with Crippen molar-refractivity contribution in [1.29, 1.82) is 0 Å². The van der Waals surface area contributed by atoms with Crippen LogP contribution in [0.5, 0.6) is 0 Å². The molecule has 0 aliphatic rings. The van der Waals surface area contributed by atoms with Gasteiger partial charge in [-0.2, -0.15) is 0 Å². The maximum atomic E-state index is 9.69. The lowest BCUT2D eigenvalue weighted by Gasteiger charge is -2.03. The molecule has 1 aromatic carbocycles. The van der Waals surface area contributed by atoms with Crippen LogP contribution in [0.1, 0.15) is 31.1 Å². The summed E-state index contributed by atoms with van der Waals surface area (Å²) >= 11 is 0. The van der Waals surface area contributed by atoms with Gasteiger partial charge in [-0.25, -0.2) is 0 Å². The van der Waals surface area contributed by atoms with Crippen molar-refractivity contribution in [3.8, 4) is 0 Å². The van der Waals surface area contributed by atoms with E-state index in [0.717, 1.165) is 12.0 Å². The van der Waals surface area contributed by atoms with Gasteiger partial charge in [-0.05, 0) is 31.0 Å². The summed E-state index contributed by atoms with van der Waals surface area (Å²) in [6, 6.07) is 6.45. The zero-order chi connectivity index (χ0) is 11.0. The fourth-order valence-electron chi connectivity index (χ4n) is 2.02. The van der Waals surface area contributed by atoms with E-state index in [-0.39, 0.29) is 0 Å². The minimum atomic E-state index is -0.402. The first kappa shape index (κ1) is 10.2. The van der Waals surface area contributed by atoms with Gasteiger partial charge in [-0.1, -0.05) is 13.0 Å². The Morgan fingerprint density at radius 1 is 1.40 bits per heavy atom. The summed E-state index contributed by atoms with van der Waals surface area (Å²) in [5.74, 6) is 0. The highest BCUT2D eigenvalue weighted by atomic mass is 16.3. The quantitative estimate of drug-likeness (QED) is 0.797. The van der Waals surface area contributed by atoms with Crippen molar-refractivity contribution in [2.45, 2.75) is 26.4 Å². The molecule has 0 radical (unpaired) electrons. The van der Waals surface area contributed by atoms with Crippen LogP contribution in [0.15, 0.2) is 24.4 Å². The Morgan fingerprint density at radius 3 is 2.73 bits per heavy atom. The van der Waals surface area contributed by atoms with Gasteiger partial charge in [0.25, 0.3) is 0 Å². The number of aromatic nitrogens is 1. The summed E-state index contributed by atoms with van der Waals surface area (Å²) in [5.41, 5.74) is 3.52. The van der Waals surface area contributed by atoms with Gasteiger partial charge >= 0.3 is 0 Å². The Kier molecular flexibility index (Phi) is 2.53. The molecule has 80 valence electrons. The molecule has 0 amide bonds. The molecule has 0 fully saturated rings. The largest absolute Gasteiger partial charge is 0.389 e. The molecule has 15 heavy (non-hydrogen) atoms. The lowest BCUT2D eigenvalue weighted by molar-refractivity contribution is 0.200. The Balaban J connectivity index is 2.71. The minimum Gasteiger partial charge on any atom is -0.389 e. The molecule has 2 aromatic rings. The summed E-state index contributed by atoms with van der Waals surface area (Å²) in [6.07, 6.45) is 2.64. The Bertz CT molecular complexity index is 482. The molecule has 1 heterocycles. The van der Waals surface area contributed by atoms with E-state index in [9.17, 15) is 5.11 Å². The molecule has 1 aromatic heterocycles. The van der Waals surface area contributed by atoms with E-state index >= 15 is 0 Å². The minimum absolute atomic E-state index is 0.402. The van der Waals surface area contributed by atoms with E-state index in [0.29, 0.717) is 0 Å². The molecule has 0 saturated heterocycles. The van der Waals surface area contributed by atoms with Crippen LogP contribution in [0.2, 0.25) is 0 Å². The molecular weight excluding hydrogens is 186 g/mol. The summed E-state index contributed by atoms with van der Waals surface area (Å²) in [7, 11) is 2.01. The average molecular weight is 203 g/mol. The highest BCUT2D eigenvalue weighted by Gasteiger charge is 2.10. The highest BCUT2D eigenvalue weighted by Crippen LogP contribution is 2.26. The Labute approximate surface area is 90.2 Å². The number of rotatable bonds is 2. The second-order valence-electron chi connectivity index (χ2n) is 4.08. The zero-order valence-electron chi connectivity index (χ0n) is 9.49. The first-order valence-corrected chi connectivity index (χ1v) is 5.39. The fraction of sp³-hybridized carbons (Fsp3) is 0.385. The smallest absolute Gasteiger partial charge is 0.0782 e. The van der Waals surface area contributed by atoms with Crippen molar-refractivity contribution in [2.24, 2.45) is 7.05 Å². The van der Waals surface area contributed by atoms with Gasteiger partial charge < -0.3 is 9.67 Å². The molecule has 2 rings (SSSR count). The van der Waals surface area contributed by atoms with Crippen LogP contribution in [0, 0.1) is 0 Å².